The van der Waals surface area contributed by atoms with Crippen LogP contribution in [-0.4, -0.2) is 35.7 Å². The largest absolute Gasteiger partial charge is 0.469 e. The van der Waals surface area contributed by atoms with Gasteiger partial charge < -0.3 is 14.2 Å². The van der Waals surface area contributed by atoms with Crippen LogP contribution >= 0.6 is 0 Å². The van der Waals surface area contributed by atoms with Crippen molar-refractivity contribution >= 4 is 11.9 Å². The van der Waals surface area contributed by atoms with Crippen molar-refractivity contribution in [1.29, 1.82) is 0 Å². The van der Waals surface area contributed by atoms with Crippen molar-refractivity contribution in [2.75, 3.05) is 25.1 Å². The van der Waals surface area contributed by atoms with Gasteiger partial charge in [-0.1, -0.05) is 0 Å². The number of ether oxygens (including phenoxy) is 1. The minimum atomic E-state index is -4.44. The average molecular weight is 291 g/mol. The Labute approximate surface area is 114 Å². The van der Waals surface area contributed by atoms with E-state index < -0.39 is 11.9 Å². The zero-order valence-electron chi connectivity index (χ0n) is 11.3. The molecule has 1 aromatic heterocycles. The number of hydrogen-bond donors (Lipinski definition) is 0. The van der Waals surface area contributed by atoms with E-state index in [1.165, 1.54) is 18.7 Å². The Morgan fingerprint density at radius 3 is 2.45 bits per heavy atom. The number of hydrogen-bond acceptors (Lipinski definition) is 4. The van der Waals surface area contributed by atoms with Crippen molar-refractivity contribution in [2.45, 2.75) is 19.0 Å². The highest BCUT2D eigenvalue weighted by molar-refractivity contribution is 5.72. The van der Waals surface area contributed by atoms with Crippen LogP contribution in [0.2, 0.25) is 0 Å². The highest BCUT2D eigenvalue weighted by atomic mass is 19.4. The Morgan fingerprint density at radius 2 is 2.00 bits per heavy atom. The molecule has 0 aliphatic carbocycles. The number of piperidine rings is 1. The first-order valence-corrected chi connectivity index (χ1v) is 6.26. The molecule has 5 nitrogen and oxygen atoms in total. The fraction of sp³-hybridized carbons (Fsp3) is 0.667. The number of rotatable bonds is 2. The van der Waals surface area contributed by atoms with Crippen molar-refractivity contribution in [3.05, 3.63) is 11.9 Å². The van der Waals surface area contributed by atoms with Gasteiger partial charge in [0, 0.05) is 26.3 Å². The van der Waals surface area contributed by atoms with E-state index in [0.717, 1.165) is 6.20 Å². The molecule has 2 rings (SSSR count). The molecule has 1 aromatic rings. The quantitative estimate of drug-likeness (QED) is 0.780. The van der Waals surface area contributed by atoms with E-state index in [1.54, 1.807) is 4.90 Å². The number of imidazole rings is 1. The Balaban J connectivity index is 2.08. The number of methoxy groups -OCH3 is 1. The zero-order valence-corrected chi connectivity index (χ0v) is 11.3. The Bertz CT molecular complexity index is 491. The molecule has 0 N–H and O–H groups in total. The topological polar surface area (TPSA) is 47.4 Å². The van der Waals surface area contributed by atoms with Gasteiger partial charge in [-0.3, -0.25) is 4.79 Å². The molecule has 1 fully saturated rings. The van der Waals surface area contributed by atoms with E-state index in [2.05, 4.69) is 9.72 Å². The number of aromatic nitrogens is 2. The van der Waals surface area contributed by atoms with Gasteiger partial charge in [0.2, 0.25) is 5.95 Å². The molecule has 8 heteroatoms. The summed E-state index contributed by atoms with van der Waals surface area (Å²) in [5, 5.41) is 0. The van der Waals surface area contributed by atoms with Gasteiger partial charge in [-0.05, 0) is 12.8 Å². The molecule has 1 saturated heterocycles. The van der Waals surface area contributed by atoms with Gasteiger partial charge in [-0.15, -0.1) is 0 Å². The predicted octanol–water partition coefficient (Wildman–Crippen LogP) is 1.83. The van der Waals surface area contributed by atoms with Crippen molar-refractivity contribution < 1.29 is 22.7 Å². The summed E-state index contributed by atoms with van der Waals surface area (Å²) < 4.78 is 43.9. The smallest absolute Gasteiger partial charge is 0.434 e. The van der Waals surface area contributed by atoms with Crippen molar-refractivity contribution in [2.24, 2.45) is 13.0 Å². The monoisotopic (exact) mass is 291 g/mol. The number of esters is 1. The highest BCUT2D eigenvalue weighted by Crippen LogP contribution is 2.31. The van der Waals surface area contributed by atoms with E-state index in [4.69, 9.17) is 0 Å². The maximum absolute atomic E-state index is 12.6. The first kappa shape index (κ1) is 14.7. The number of halogens is 3. The van der Waals surface area contributed by atoms with Gasteiger partial charge in [0.1, 0.15) is 0 Å². The molecule has 0 bridgehead atoms. The first-order chi connectivity index (χ1) is 9.32. The molecule has 2 heterocycles. The third-order valence-corrected chi connectivity index (χ3v) is 3.45. The third-order valence-electron chi connectivity index (χ3n) is 3.45. The fourth-order valence-electron chi connectivity index (χ4n) is 2.37. The number of aryl methyl sites for hydroxylation is 1. The second kappa shape index (κ2) is 5.34. The highest BCUT2D eigenvalue weighted by Gasteiger charge is 2.36. The maximum Gasteiger partial charge on any atom is 0.434 e. The predicted molar refractivity (Wildman–Crippen MR) is 65.2 cm³/mol. The fourth-order valence-corrected chi connectivity index (χ4v) is 2.37. The second-order valence-corrected chi connectivity index (χ2v) is 4.82. The molecule has 0 unspecified atom stereocenters. The standard InChI is InChI=1S/C12H16F3N3O2/c1-17-7-9(12(13,14)15)16-11(17)18-5-3-8(4-6-18)10(19)20-2/h7-8H,3-6H2,1-2H3. The molecule has 1 aliphatic rings. The third kappa shape index (κ3) is 2.88. The van der Waals surface area contributed by atoms with E-state index >= 15 is 0 Å². The van der Waals surface area contributed by atoms with Crippen LogP contribution in [0.4, 0.5) is 19.1 Å². The van der Waals surface area contributed by atoms with Gasteiger partial charge in [0.15, 0.2) is 5.69 Å². The summed E-state index contributed by atoms with van der Waals surface area (Å²) in [5.74, 6) is -0.167. The summed E-state index contributed by atoms with van der Waals surface area (Å²) in [6.07, 6.45) is -2.36. The van der Waals surface area contributed by atoms with Gasteiger partial charge >= 0.3 is 12.1 Å². The van der Waals surface area contributed by atoms with Gasteiger partial charge in [0.05, 0.1) is 13.0 Å². The summed E-state index contributed by atoms with van der Waals surface area (Å²) in [6.45, 7) is 0.976. The Kier molecular flexibility index (Phi) is 3.92. The van der Waals surface area contributed by atoms with Gasteiger partial charge in [0.25, 0.3) is 0 Å². The van der Waals surface area contributed by atoms with E-state index in [0.29, 0.717) is 25.9 Å². The van der Waals surface area contributed by atoms with Gasteiger partial charge in [-0.25, -0.2) is 4.98 Å². The average Bonchev–Trinajstić information content (AvgIpc) is 2.80. The molecule has 0 aromatic carbocycles. The molecule has 0 saturated carbocycles. The lowest BCUT2D eigenvalue weighted by atomic mass is 9.97. The molecule has 112 valence electrons. The Hall–Kier alpha value is -1.73. The summed E-state index contributed by atoms with van der Waals surface area (Å²) in [7, 11) is 2.87. The van der Waals surface area contributed by atoms with Crippen LogP contribution in [0.5, 0.6) is 0 Å². The van der Waals surface area contributed by atoms with Crippen molar-refractivity contribution in [3.8, 4) is 0 Å². The maximum atomic E-state index is 12.6. The summed E-state index contributed by atoms with van der Waals surface area (Å²) in [5.41, 5.74) is -0.898. The summed E-state index contributed by atoms with van der Waals surface area (Å²) >= 11 is 0. The van der Waals surface area contributed by atoms with E-state index in [-0.39, 0.29) is 17.8 Å². The van der Waals surface area contributed by atoms with Crippen LogP contribution in [0.1, 0.15) is 18.5 Å². The number of anilines is 1. The normalized spacial score (nSPS) is 17.4. The van der Waals surface area contributed by atoms with E-state index in [9.17, 15) is 18.0 Å². The van der Waals surface area contributed by atoms with Crippen LogP contribution in [0.3, 0.4) is 0 Å². The molecule has 1 aliphatic heterocycles. The molecule has 0 amide bonds. The molecule has 0 spiro atoms. The molecular formula is C12H16F3N3O2. The number of nitrogens with zero attached hydrogens (tertiary/aromatic N) is 3. The van der Waals surface area contributed by atoms with Crippen molar-refractivity contribution in [3.63, 3.8) is 0 Å². The van der Waals surface area contributed by atoms with Crippen LogP contribution in [-0.2, 0) is 22.8 Å². The summed E-state index contributed by atoms with van der Waals surface area (Å²) in [4.78, 5) is 16.8. The summed E-state index contributed by atoms with van der Waals surface area (Å²) in [6, 6.07) is 0. The van der Waals surface area contributed by atoms with Crippen LogP contribution in [0, 0.1) is 5.92 Å². The van der Waals surface area contributed by atoms with Crippen LogP contribution < -0.4 is 4.90 Å². The van der Waals surface area contributed by atoms with Crippen LogP contribution in [0.25, 0.3) is 0 Å². The lowest BCUT2D eigenvalue weighted by Crippen LogP contribution is -2.38. The number of carbonyl (C=O) groups excluding carboxylic acids is 1. The number of alkyl halides is 3. The lowest BCUT2D eigenvalue weighted by Gasteiger charge is -2.31. The lowest BCUT2D eigenvalue weighted by molar-refractivity contribution is -0.146. The van der Waals surface area contributed by atoms with Crippen molar-refractivity contribution in [1.82, 2.24) is 9.55 Å². The van der Waals surface area contributed by atoms with Crippen LogP contribution in [0.15, 0.2) is 6.20 Å². The number of carbonyl (C=O) groups is 1. The zero-order chi connectivity index (χ0) is 14.9. The SMILES string of the molecule is COC(=O)C1CCN(c2nc(C(F)(F)F)cn2C)CC1. The molecule has 20 heavy (non-hydrogen) atoms. The molecular weight excluding hydrogens is 275 g/mol. The second-order valence-electron chi connectivity index (χ2n) is 4.82. The molecule has 0 radical (unpaired) electrons. The minimum Gasteiger partial charge on any atom is -0.469 e. The first-order valence-electron chi connectivity index (χ1n) is 6.26. The molecule has 0 atom stereocenters. The van der Waals surface area contributed by atoms with E-state index in [1.807, 2.05) is 0 Å². The van der Waals surface area contributed by atoms with Gasteiger partial charge in [-0.2, -0.15) is 13.2 Å². The Morgan fingerprint density at radius 1 is 1.40 bits per heavy atom. The minimum absolute atomic E-state index is 0.182.